The first-order chi connectivity index (χ1) is 11.9. The fourth-order valence-corrected chi connectivity index (χ4v) is 3.58. The molecule has 2 aliphatic heterocycles. The van der Waals surface area contributed by atoms with Gasteiger partial charge in [0.25, 0.3) is 0 Å². The number of halogens is 1. The molecule has 0 amide bonds. The fraction of sp³-hybridized carbons (Fsp3) is 0.250. The molecule has 4 rings (SSSR count). The highest BCUT2D eigenvalue weighted by atomic mass is 35.7. The van der Waals surface area contributed by atoms with Crippen LogP contribution >= 0.6 is 11.3 Å². The molecule has 2 heterocycles. The van der Waals surface area contributed by atoms with Crippen LogP contribution in [0.1, 0.15) is 0 Å². The van der Waals surface area contributed by atoms with Crippen LogP contribution in [0.3, 0.4) is 0 Å². The zero-order valence-corrected chi connectivity index (χ0v) is 14.7. The summed E-state index contributed by atoms with van der Waals surface area (Å²) in [6, 6.07) is 14.9. The molecule has 0 N–H and O–H groups in total. The van der Waals surface area contributed by atoms with Gasteiger partial charge in [-0.05, 0) is 18.2 Å². The van der Waals surface area contributed by atoms with E-state index in [4.69, 9.17) is 28.4 Å². The molecule has 1 saturated heterocycles. The van der Waals surface area contributed by atoms with Crippen LogP contribution in [0.4, 0.5) is 0 Å². The molecule has 0 unspecified atom stereocenters. The van der Waals surface area contributed by atoms with Crippen molar-refractivity contribution in [2.45, 2.75) is 0 Å². The number of benzene rings is 2. The smallest absolute Gasteiger partial charge is 0.201 e. The molecule has 7 nitrogen and oxygen atoms in total. The van der Waals surface area contributed by atoms with Gasteiger partial charge in [-0.3, -0.25) is 0 Å². The Morgan fingerprint density at radius 1 is 1.00 bits per heavy atom. The number of morpholine rings is 1. The Morgan fingerprint density at radius 2 is 1.68 bits per heavy atom. The Balaban J connectivity index is 0.000000324. The number of ether oxygens (including phenoxy) is 1. The predicted octanol–water partition coefficient (Wildman–Crippen LogP) is -2.55. The molecule has 0 saturated carbocycles. The van der Waals surface area contributed by atoms with Gasteiger partial charge in [0.2, 0.25) is 5.36 Å². The van der Waals surface area contributed by atoms with E-state index >= 15 is 0 Å². The lowest BCUT2D eigenvalue weighted by molar-refractivity contribution is -2.00. The first-order valence-corrected chi connectivity index (χ1v) is 9.52. The van der Waals surface area contributed by atoms with Gasteiger partial charge in [0.15, 0.2) is 13.1 Å². The summed E-state index contributed by atoms with van der Waals surface area (Å²) in [4.78, 5) is 5.97. The lowest BCUT2D eigenvalue weighted by Gasteiger charge is -2.17. The Labute approximate surface area is 149 Å². The van der Waals surface area contributed by atoms with E-state index in [2.05, 4.69) is 41.0 Å². The van der Waals surface area contributed by atoms with E-state index in [9.17, 15) is 0 Å². The average molecular weight is 383 g/mol. The second-order valence-corrected chi connectivity index (χ2v) is 7.15. The van der Waals surface area contributed by atoms with Gasteiger partial charge in [-0.1, -0.05) is 12.1 Å². The number of hydrogen-bond donors (Lipinski definition) is 0. The SMILES string of the molecule is [O-][Cl+3]([O-])([O-])[O-].c1ccc2sc3cc(=[N+]4CCOCC4)ccc-3nc2c1. The Hall–Kier alpha value is -1.65. The minimum atomic E-state index is -4.94. The molecule has 9 heteroatoms. The molecule has 1 aromatic carbocycles. The van der Waals surface area contributed by atoms with E-state index in [1.165, 1.54) is 14.9 Å². The van der Waals surface area contributed by atoms with Crippen molar-refractivity contribution in [1.29, 1.82) is 0 Å². The van der Waals surface area contributed by atoms with Crippen molar-refractivity contribution in [3.63, 3.8) is 0 Å². The molecular weight excluding hydrogens is 368 g/mol. The minimum Gasteiger partial charge on any atom is -0.368 e. The molecule has 1 fully saturated rings. The topological polar surface area (TPSA) is 117 Å². The van der Waals surface area contributed by atoms with Gasteiger partial charge in [-0.2, -0.15) is 0 Å². The van der Waals surface area contributed by atoms with E-state index in [-0.39, 0.29) is 0 Å². The summed E-state index contributed by atoms with van der Waals surface area (Å²) in [6.07, 6.45) is 0. The molecule has 1 aromatic rings. The maximum absolute atomic E-state index is 8.49. The standard InChI is InChI=1S/C16H15N2OS.ClHO4/c1-2-4-15-13(3-1)17-14-6-5-12(11-16(14)20-15)18-7-9-19-10-8-18;2-1(3,4)5/h1-6,11H,7-10H2;(H,2,3,4,5)/q+1;/p-1. The van der Waals surface area contributed by atoms with Crippen molar-refractivity contribution < 1.29 is 33.6 Å². The quantitative estimate of drug-likeness (QED) is 0.312. The number of nitrogens with zero attached hydrogens (tertiary/aromatic N) is 2. The van der Waals surface area contributed by atoms with Crippen molar-refractivity contribution in [3.05, 3.63) is 47.8 Å². The molecule has 0 spiro atoms. The van der Waals surface area contributed by atoms with Gasteiger partial charge < -0.3 is 4.74 Å². The first kappa shape index (κ1) is 18.2. The van der Waals surface area contributed by atoms with Crippen molar-refractivity contribution in [3.8, 4) is 10.6 Å². The van der Waals surface area contributed by atoms with Crippen LogP contribution < -0.4 is 28.6 Å². The molecule has 132 valence electrons. The van der Waals surface area contributed by atoms with E-state index in [0.29, 0.717) is 0 Å². The molecule has 3 aliphatic rings. The van der Waals surface area contributed by atoms with Crippen LogP contribution in [0, 0.1) is 10.2 Å². The third-order valence-electron chi connectivity index (χ3n) is 3.65. The van der Waals surface area contributed by atoms with Crippen LogP contribution in [-0.2, 0) is 4.74 Å². The van der Waals surface area contributed by atoms with Gasteiger partial charge in [-0.15, -0.1) is 21.6 Å². The lowest BCUT2D eigenvalue weighted by Crippen LogP contribution is -2.68. The zero-order chi connectivity index (χ0) is 17.9. The Bertz CT molecular complexity index is 895. The largest absolute Gasteiger partial charge is 0.368 e. The molecule has 0 bridgehead atoms. The van der Waals surface area contributed by atoms with Crippen molar-refractivity contribution >= 4 is 21.6 Å². The second kappa shape index (κ2) is 7.71. The molecule has 25 heavy (non-hydrogen) atoms. The maximum Gasteiger partial charge on any atom is 0.201 e. The van der Waals surface area contributed by atoms with Crippen molar-refractivity contribution in [2.75, 3.05) is 26.3 Å². The Morgan fingerprint density at radius 3 is 2.40 bits per heavy atom. The van der Waals surface area contributed by atoms with Gasteiger partial charge >= 0.3 is 0 Å². The van der Waals surface area contributed by atoms with Crippen LogP contribution in [0.5, 0.6) is 0 Å². The summed E-state index contributed by atoms with van der Waals surface area (Å²) in [5, 5.41) is 1.27. The highest BCUT2D eigenvalue weighted by Gasteiger charge is 2.14. The minimum absolute atomic E-state index is 0.817. The normalized spacial score (nSPS) is 15.1. The maximum atomic E-state index is 8.49. The van der Waals surface area contributed by atoms with Crippen molar-refractivity contribution in [1.82, 2.24) is 9.56 Å². The zero-order valence-electron chi connectivity index (χ0n) is 13.1. The van der Waals surface area contributed by atoms with E-state index in [1.54, 1.807) is 0 Å². The summed E-state index contributed by atoms with van der Waals surface area (Å²) in [5.41, 5.74) is 2.15. The molecule has 0 atom stereocenters. The first-order valence-electron chi connectivity index (χ1n) is 7.47. The summed E-state index contributed by atoms with van der Waals surface area (Å²) < 4.78 is 43.0. The third-order valence-corrected chi connectivity index (χ3v) is 4.76. The highest BCUT2D eigenvalue weighted by Crippen LogP contribution is 2.28. The van der Waals surface area contributed by atoms with Gasteiger partial charge in [0, 0.05) is 12.1 Å². The van der Waals surface area contributed by atoms with E-state index in [1.807, 2.05) is 17.4 Å². The highest BCUT2D eigenvalue weighted by molar-refractivity contribution is 7.21. The number of rotatable bonds is 0. The number of fused-ring (bicyclic) bond motifs is 2. The summed E-state index contributed by atoms with van der Waals surface area (Å²) in [7, 11) is -4.94. The van der Waals surface area contributed by atoms with Crippen molar-refractivity contribution in [2.24, 2.45) is 0 Å². The average Bonchev–Trinajstić information content (AvgIpc) is 2.59. The molecule has 0 radical (unpaired) electrons. The van der Waals surface area contributed by atoms with Crippen LogP contribution in [0.15, 0.2) is 42.5 Å². The summed E-state index contributed by atoms with van der Waals surface area (Å²) >= 11 is 1.81. The van der Waals surface area contributed by atoms with Gasteiger partial charge in [0.1, 0.15) is 13.2 Å². The predicted molar refractivity (Wildman–Crippen MR) is 82.1 cm³/mol. The summed E-state index contributed by atoms with van der Waals surface area (Å²) in [5.74, 6) is 0. The third kappa shape index (κ3) is 5.16. The number of hydrogen-bond acceptors (Lipinski definition) is 7. The van der Waals surface area contributed by atoms with Crippen LogP contribution in [0.2, 0.25) is 0 Å². The molecule has 0 aromatic heterocycles. The number of para-hydroxylation sites is 1. The Kier molecular flexibility index (Phi) is 5.60. The summed E-state index contributed by atoms with van der Waals surface area (Å²) in [6.45, 7) is 3.57. The van der Waals surface area contributed by atoms with Gasteiger partial charge in [0.05, 0.1) is 20.8 Å². The van der Waals surface area contributed by atoms with Crippen LogP contribution in [-0.4, -0.2) is 31.3 Å². The monoisotopic (exact) mass is 382 g/mol. The fourth-order valence-electron chi connectivity index (χ4n) is 2.58. The van der Waals surface area contributed by atoms with E-state index in [0.717, 1.165) is 37.5 Å². The second-order valence-electron chi connectivity index (χ2n) is 5.31. The molecule has 1 aliphatic carbocycles. The van der Waals surface area contributed by atoms with E-state index < -0.39 is 10.2 Å². The molecular formula is C16H15ClN2O5S. The van der Waals surface area contributed by atoms with Gasteiger partial charge in [-0.25, -0.2) is 28.2 Å². The number of aromatic nitrogens is 1. The van der Waals surface area contributed by atoms with Crippen LogP contribution in [0.25, 0.3) is 20.8 Å². The lowest BCUT2D eigenvalue weighted by atomic mass is 10.2.